The van der Waals surface area contributed by atoms with Gasteiger partial charge in [-0.1, -0.05) is 13.8 Å². The zero-order valence-electron chi connectivity index (χ0n) is 6.80. The third-order valence-electron chi connectivity index (χ3n) is 1.82. The van der Waals surface area contributed by atoms with Crippen LogP contribution in [0.15, 0.2) is 4.99 Å². The minimum atomic E-state index is 0.416. The van der Waals surface area contributed by atoms with E-state index in [1.807, 2.05) is 0 Å². The van der Waals surface area contributed by atoms with E-state index in [0.29, 0.717) is 5.92 Å². The van der Waals surface area contributed by atoms with Gasteiger partial charge in [0.2, 0.25) is 0 Å². The summed E-state index contributed by atoms with van der Waals surface area (Å²) in [5.74, 6) is 2.09. The molecule has 1 aliphatic carbocycles. The Morgan fingerprint density at radius 1 is 1.60 bits per heavy atom. The van der Waals surface area contributed by atoms with E-state index in [2.05, 4.69) is 18.8 Å². The lowest BCUT2D eigenvalue weighted by Crippen LogP contribution is -2.19. The molecule has 0 unspecified atom stereocenters. The largest absolute Gasteiger partial charge is 0.387 e. The molecule has 0 atom stereocenters. The average molecular weight is 140 g/mol. The van der Waals surface area contributed by atoms with Gasteiger partial charge in [-0.2, -0.15) is 0 Å². The molecule has 0 aromatic rings. The SMILES string of the molecule is CC(C)C(N)=NCC1CC1. The fourth-order valence-corrected chi connectivity index (χ4v) is 0.718. The Morgan fingerprint density at radius 2 is 2.20 bits per heavy atom. The molecular formula is C8H16N2. The van der Waals surface area contributed by atoms with Crippen molar-refractivity contribution in [1.82, 2.24) is 0 Å². The van der Waals surface area contributed by atoms with Crippen molar-refractivity contribution in [2.24, 2.45) is 22.6 Å². The zero-order valence-corrected chi connectivity index (χ0v) is 6.80. The van der Waals surface area contributed by atoms with E-state index < -0.39 is 0 Å². The first-order valence-corrected chi connectivity index (χ1v) is 4.00. The predicted octanol–water partition coefficient (Wildman–Crippen LogP) is 1.41. The van der Waals surface area contributed by atoms with E-state index in [0.717, 1.165) is 18.3 Å². The fraction of sp³-hybridized carbons (Fsp3) is 0.875. The fourth-order valence-electron chi connectivity index (χ4n) is 0.718. The molecule has 2 nitrogen and oxygen atoms in total. The van der Waals surface area contributed by atoms with Crippen molar-refractivity contribution in [2.75, 3.05) is 6.54 Å². The second-order valence-electron chi connectivity index (χ2n) is 3.36. The van der Waals surface area contributed by atoms with Gasteiger partial charge in [-0.25, -0.2) is 0 Å². The van der Waals surface area contributed by atoms with Gasteiger partial charge in [0.15, 0.2) is 0 Å². The van der Waals surface area contributed by atoms with E-state index >= 15 is 0 Å². The van der Waals surface area contributed by atoms with Gasteiger partial charge in [0.25, 0.3) is 0 Å². The number of nitrogens with two attached hydrogens (primary N) is 1. The summed E-state index contributed by atoms with van der Waals surface area (Å²) in [6.07, 6.45) is 2.71. The van der Waals surface area contributed by atoms with Crippen molar-refractivity contribution in [2.45, 2.75) is 26.7 Å². The van der Waals surface area contributed by atoms with Crippen LogP contribution in [0.1, 0.15) is 26.7 Å². The van der Waals surface area contributed by atoms with Gasteiger partial charge >= 0.3 is 0 Å². The van der Waals surface area contributed by atoms with Crippen molar-refractivity contribution in [3.63, 3.8) is 0 Å². The van der Waals surface area contributed by atoms with E-state index in [-0.39, 0.29) is 0 Å². The number of aliphatic imine (C=N–C) groups is 1. The second kappa shape index (κ2) is 3.04. The second-order valence-corrected chi connectivity index (χ2v) is 3.36. The van der Waals surface area contributed by atoms with E-state index in [9.17, 15) is 0 Å². The van der Waals surface area contributed by atoms with Gasteiger partial charge in [-0.3, -0.25) is 4.99 Å². The van der Waals surface area contributed by atoms with Gasteiger partial charge in [0.05, 0.1) is 5.84 Å². The first kappa shape index (κ1) is 7.58. The predicted molar refractivity (Wildman–Crippen MR) is 44.1 cm³/mol. The standard InChI is InChI=1S/C8H16N2/c1-6(2)8(9)10-5-7-3-4-7/h6-7H,3-5H2,1-2H3,(H2,9,10). The van der Waals surface area contributed by atoms with Crippen LogP contribution >= 0.6 is 0 Å². The molecule has 0 saturated heterocycles. The lowest BCUT2D eigenvalue weighted by atomic mass is 10.2. The van der Waals surface area contributed by atoms with Crippen LogP contribution in [0.5, 0.6) is 0 Å². The number of hydrogen-bond acceptors (Lipinski definition) is 1. The molecule has 0 aromatic carbocycles. The molecule has 0 aromatic heterocycles. The molecule has 1 fully saturated rings. The van der Waals surface area contributed by atoms with Crippen LogP contribution in [-0.4, -0.2) is 12.4 Å². The van der Waals surface area contributed by atoms with Crippen LogP contribution in [0.25, 0.3) is 0 Å². The topological polar surface area (TPSA) is 38.4 Å². The molecule has 58 valence electrons. The normalized spacial score (nSPS) is 20.1. The monoisotopic (exact) mass is 140 g/mol. The maximum Gasteiger partial charge on any atom is 0.0962 e. The molecule has 10 heavy (non-hydrogen) atoms. The smallest absolute Gasteiger partial charge is 0.0962 e. The van der Waals surface area contributed by atoms with Gasteiger partial charge in [0, 0.05) is 12.5 Å². The quantitative estimate of drug-likeness (QED) is 0.467. The van der Waals surface area contributed by atoms with Crippen molar-refractivity contribution in [3.05, 3.63) is 0 Å². The average Bonchev–Trinajstić information content (AvgIpc) is 2.64. The molecule has 1 saturated carbocycles. The minimum Gasteiger partial charge on any atom is -0.387 e. The Balaban J connectivity index is 2.22. The van der Waals surface area contributed by atoms with E-state index in [1.54, 1.807) is 0 Å². The molecule has 2 N–H and O–H groups in total. The zero-order chi connectivity index (χ0) is 7.56. The van der Waals surface area contributed by atoms with Crippen molar-refractivity contribution in [1.29, 1.82) is 0 Å². The highest BCUT2D eigenvalue weighted by atomic mass is 14.9. The van der Waals surface area contributed by atoms with Crippen LogP contribution in [0.3, 0.4) is 0 Å². The maximum absolute atomic E-state index is 5.64. The van der Waals surface area contributed by atoms with Gasteiger partial charge in [-0.15, -0.1) is 0 Å². The molecule has 0 amide bonds. The number of amidine groups is 1. The Bertz CT molecular complexity index is 134. The van der Waals surface area contributed by atoms with Crippen molar-refractivity contribution in [3.8, 4) is 0 Å². The summed E-state index contributed by atoms with van der Waals surface area (Å²) in [5, 5.41) is 0. The van der Waals surface area contributed by atoms with Gasteiger partial charge < -0.3 is 5.73 Å². The molecule has 0 aliphatic heterocycles. The highest BCUT2D eigenvalue weighted by molar-refractivity contribution is 5.82. The Hall–Kier alpha value is -0.530. The number of rotatable bonds is 3. The summed E-state index contributed by atoms with van der Waals surface area (Å²) in [6, 6.07) is 0. The third-order valence-corrected chi connectivity index (χ3v) is 1.82. The first-order chi connectivity index (χ1) is 4.70. The van der Waals surface area contributed by atoms with Crippen molar-refractivity contribution >= 4 is 5.84 Å². The van der Waals surface area contributed by atoms with Crippen LogP contribution in [0, 0.1) is 11.8 Å². The molecule has 2 heteroatoms. The van der Waals surface area contributed by atoms with Crippen LogP contribution in [-0.2, 0) is 0 Å². The van der Waals surface area contributed by atoms with E-state index in [1.165, 1.54) is 12.8 Å². The van der Waals surface area contributed by atoms with Gasteiger partial charge in [0.1, 0.15) is 0 Å². The van der Waals surface area contributed by atoms with Gasteiger partial charge in [-0.05, 0) is 18.8 Å². The third kappa shape index (κ3) is 2.38. The molecule has 0 bridgehead atoms. The first-order valence-electron chi connectivity index (χ1n) is 4.00. The Morgan fingerprint density at radius 3 is 2.60 bits per heavy atom. The van der Waals surface area contributed by atoms with Crippen LogP contribution in [0.4, 0.5) is 0 Å². The summed E-state index contributed by atoms with van der Waals surface area (Å²) in [5.41, 5.74) is 5.64. The molecule has 0 spiro atoms. The summed E-state index contributed by atoms with van der Waals surface area (Å²) in [7, 11) is 0. The summed E-state index contributed by atoms with van der Waals surface area (Å²) >= 11 is 0. The lowest BCUT2D eigenvalue weighted by molar-refractivity contribution is 0.808. The molecule has 0 radical (unpaired) electrons. The highest BCUT2D eigenvalue weighted by Crippen LogP contribution is 2.28. The summed E-state index contributed by atoms with van der Waals surface area (Å²) in [6.45, 7) is 5.11. The number of hydrogen-bond donors (Lipinski definition) is 1. The lowest BCUT2D eigenvalue weighted by Gasteiger charge is -2.02. The van der Waals surface area contributed by atoms with Crippen LogP contribution < -0.4 is 5.73 Å². The van der Waals surface area contributed by atoms with Crippen LogP contribution in [0.2, 0.25) is 0 Å². The van der Waals surface area contributed by atoms with Crippen molar-refractivity contribution < 1.29 is 0 Å². The Labute approximate surface area is 62.5 Å². The number of nitrogens with zero attached hydrogens (tertiary/aromatic N) is 1. The summed E-state index contributed by atoms with van der Waals surface area (Å²) < 4.78 is 0. The Kier molecular flexibility index (Phi) is 2.30. The molecule has 1 aliphatic rings. The summed E-state index contributed by atoms with van der Waals surface area (Å²) in [4.78, 5) is 4.28. The van der Waals surface area contributed by atoms with E-state index in [4.69, 9.17) is 5.73 Å². The maximum atomic E-state index is 5.64. The molecule has 0 heterocycles. The minimum absolute atomic E-state index is 0.416. The molecular weight excluding hydrogens is 124 g/mol. The highest BCUT2D eigenvalue weighted by Gasteiger charge is 2.20. The molecule has 1 rings (SSSR count).